The Labute approximate surface area is 110 Å². The van der Waals surface area contributed by atoms with Crippen LogP contribution in [0.4, 0.5) is 10.5 Å². The van der Waals surface area contributed by atoms with Crippen LogP contribution in [0.3, 0.4) is 0 Å². The van der Waals surface area contributed by atoms with E-state index in [2.05, 4.69) is 0 Å². The molecular formula is C13H12ClNO3. The molecule has 1 heterocycles. The highest BCUT2D eigenvalue weighted by atomic mass is 35.5. The standard InChI is InChI=1S/C13H12ClNO3/c1-3-8(2)11-12(16)15(13(17)18-11)10-6-4-9(14)5-7-10/h4-7H,3H2,1-2H3/b11-8+. The van der Waals surface area contributed by atoms with E-state index in [1.807, 2.05) is 6.92 Å². The van der Waals surface area contributed by atoms with Gasteiger partial charge in [-0.1, -0.05) is 18.5 Å². The van der Waals surface area contributed by atoms with Crippen molar-refractivity contribution in [3.63, 3.8) is 0 Å². The van der Waals surface area contributed by atoms with Gasteiger partial charge in [0, 0.05) is 5.02 Å². The predicted octanol–water partition coefficient (Wildman–Crippen LogP) is 3.51. The van der Waals surface area contributed by atoms with Crippen LogP contribution < -0.4 is 4.90 Å². The third kappa shape index (κ3) is 2.11. The van der Waals surface area contributed by atoms with Gasteiger partial charge in [-0.15, -0.1) is 0 Å². The Morgan fingerprint density at radius 3 is 2.44 bits per heavy atom. The first-order valence-electron chi connectivity index (χ1n) is 5.56. The van der Waals surface area contributed by atoms with Crippen molar-refractivity contribution in [2.75, 3.05) is 4.90 Å². The van der Waals surface area contributed by atoms with E-state index >= 15 is 0 Å². The zero-order chi connectivity index (χ0) is 13.3. The molecule has 1 aliphatic heterocycles. The maximum atomic E-state index is 12.1. The van der Waals surface area contributed by atoms with Crippen molar-refractivity contribution in [3.8, 4) is 0 Å². The Hall–Kier alpha value is -1.81. The zero-order valence-corrected chi connectivity index (χ0v) is 10.8. The van der Waals surface area contributed by atoms with Crippen molar-refractivity contribution in [2.24, 2.45) is 0 Å². The summed E-state index contributed by atoms with van der Waals surface area (Å²) in [7, 11) is 0. The minimum absolute atomic E-state index is 0.123. The zero-order valence-electron chi connectivity index (χ0n) is 10.1. The average molecular weight is 266 g/mol. The molecule has 2 amide bonds. The predicted molar refractivity (Wildman–Crippen MR) is 68.4 cm³/mol. The smallest absolute Gasteiger partial charge is 0.404 e. The van der Waals surface area contributed by atoms with Crippen LogP contribution in [0.15, 0.2) is 35.6 Å². The van der Waals surface area contributed by atoms with E-state index in [0.29, 0.717) is 17.1 Å². The van der Waals surface area contributed by atoms with Crippen molar-refractivity contribution in [2.45, 2.75) is 20.3 Å². The third-order valence-corrected chi connectivity index (χ3v) is 3.02. The maximum absolute atomic E-state index is 12.1. The molecule has 94 valence electrons. The number of anilines is 1. The molecule has 0 unspecified atom stereocenters. The fourth-order valence-corrected chi connectivity index (χ4v) is 1.73. The molecule has 0 spiro atoms. The molecule has 0 radical (unpaired) electrons. The van der Waals surface area contributed by atoms with Crippen LogP contribution in [-0.4, -0.2) is 12.0 Å². The van der Waals surface area contributed by atoms with Crippen molar-refractivity contribution >= 4 is 29.3 Å². The summed E-state index contributed by atoms with van der Waals surface area (Å²) in [6.07, 6.45) is -0.0202. The molecule has 0 atom stereocenters. The summed E-state index contributed by atoms with van der Waals surface area (Å²) < 4.78 is 5.01. The number of hydrogen-bond donors (Lipinski definition) is 0. The fraction of sp³-hybridized carbons (Fsp3) is 0.231. The SMILES string of the molecule is CC/C(C)=C1/OC(=O)N(c2ccc(Cl)cc2)C1=O. The first kappa shape index (κ1) is 12.6. The molecule has 1 fully saturated rings. The van der Waals surface area contributed by atoms with E-state index in [1.165, 1.54) is 0 Å². The molecule has 0 N–H and O–H groups in total. The molecule has 0 aliphatic carbocycles. The summed E-state index contributed by atoms with van der Waals surface area (Å²) in [6, 6.07) is 6.44. The second-order valence-electron chi connectivity index (χ2n) is 3.95. The van der Waals surface area contributed by atoms with Crippen LogP contribution in [0.25, 0.3) is 0 Å². The molecule has 1 aromatic carbocycles. The van der Waals surface area contributed by atoms with Gasteiger partial charge in [0.2, 0.25) is 0 Å². The highest BCUT2D eigenvalue weighted by molar-refractivity contribution is 6.30. The summed E-state index contributed by atoms with van der Waals surface area (Å²) >= 11 is 5.76. The third-order valence-electron chi connectivity index (χ3n) is 2.77. The van der Waals surface area contributed by atoms with Crippen molar-refractivity contribution < 1.29 is 14.3 Å². The summed E-state index contributed by atoms with van der Waals surface area (Å²) in [5.41, 5.74) is 1.21. The lowest BCUT2D eigenvalue weighted by Gasteiger charge is -2.09. The molecule has 0 aromatic heterocycles. The van der Waals surface area contributed by atoms with E-state index in [0.717, 1.165) is 10.5 Å². The van der Waals surface area contributed by atoms with Crippen molar-refractivity contribution in [3.05, 3.63) is 40.6 Å². The number of amides is 2. The number of benzene rings is 1. The number of nitrogens with zero attached hydrogens (tertiary/aromatic N) is 1. The second-order valence-corrected chi connectivity index (χ2v) is 4.38. The number of halogens is 1. The average Bonchev–Trinajstić information content (AvgIpc) is 2.65. The fourth-order valence-electron chi connectivity index (χ4n) is 1.60. The number of cyclic esters (lactones) is 1. The van der Waals surface area contributed by atoms with Crippen LogP contribution in [0, 0.1) is 0 Å². The van der Waals surface area contributed by atoms with Gasteiger partial charge in [0.25, 0.3) is 0 Å². The number of hydrogen-bond acceptors (Lipinski definition) is 3. The molecule has 1 aromatic rings. The molecule has 18 heavy (non-hydrogen) atoms. The van der Waals surface area contributed by atoms with Crippen LogP contribution >= 0.6 is 11.6 Å². The first-order valence-corrected chi connectivity index (χ1v) is 5.94. The number of carbonyl (C=O) groups is 2. The van der Waals surface area contributed by atoms with Gasteiger partial charge in [-0.3, -0.25) is 4.79 Å². The topological polar surface area (TPSA) is 46.6 Å². The first-order chi connectivity index (χ1) is 8.54. The maximum Gasteiger partial charge on any atom is 0.427 e. The van der Waals surface area contributed by atoms with Gasteiger partial charge in [-0.25, -0.2) is 9.69 Å². The Morgan fingerprint density at radius 2 is 1.89 bits per heavy atom. The van der Waals surface area contributed by atoms with Gasteiger partial charge in [-0.2, -0.15) is 0 Å². The monoisotopic (exact) mass is 265 g/mol. The van der Waals surface area contributed by atoms with E-state index < -0.39 is 12.0 Å². The highest BCUT2D eigenvalue weighted by Gasteiger charge is 2.38. The molecule has 5 heteroatoms. The van der Waals surface area contributed by atoms with Crippen LogP contribution in [0.5, 0.6) is 0 Å². The van der Waals surface area contributed by atoms with E-state index in [-0.39, 0.29) is 5.76 Å². The quantitative estimate of drug-likeness (QED) is 0.769. The van der Waals surface area contributed by atoms with Crippen molar-refractivity contribution in [1.82, 2.24) is 0 Å². The number of ether oxygens (including phenoxy) is 1. The highest BCUT2D eigenvalue weighted by Crippen LogP contribution is 2.28. The van der Waals surface area contributed by atoms with Gasteiger partial charge in [0.05, 0.1) is 5.69 Å². The number of imide groups is 1. The summed E-state index contributed by atoms with van der Waals surface area (Å²) in [6.45, 7) is 3.67. The lowest BCUT2D eigenvalue weighted by molar-refractivity contribution is -0.114. The van der Waals surface area contributed by atoms with Gasteiger partial charge in [0.1, 0.15) is 0 Å². The van der Waals surface area contributed by atoms with Gasteiger partial charge in [0.15, 0.2) is 5.76 Å². The lowest BCUT2D eigenvalue weighted by atomic mass is 10.2. The van der Waals surface area contributed by atoms with Crippen LogP contribution in [-0.2, 0) is 9.53 Å². The molecular weight excluding hydrogens is 254 g/mol. The van der Waals surface area contributed by atoms with E-state index in [9.17, 15) is 9.59 Å². The van der Waals surface area contributed by atoms with E-state index in [1.54, 1.807) is 31.2 Å². The molecule has 2 rings (SSSR count). The Balaban J connectivity index is 2.39. The Kier molecular flexibility index (Phi) is 3.39. The van der Waals surface area contributed by atoms with Crippen LogP contribution in [0.2, 0.25) is 5.02 Å². The van der Waals surface area contributed by atoms with Crippen molar-refractivity contribution in [1.29, 1.82) is 0 Å². The Bertz CT molecular complexity index is 534. The minimum Gasteiger partial charge on any atom is -0.404 e. The minimum atomic E-state index is -0.676. The molecule has 1 saturated heterocycles. The number of allylic oxidation sites excluding steroid dienone is 1. The second kappa shape index (κ2) is 4.82. The molecule has 0 saturated carbocycles. The van der Waals surface area contributed by atoms with Gasteiger partial charge < -0.3 is 4.74 Å². The number of rotatable bonds is 2. The van der Waals surface area contributed by atoms with Crippen LogP contribution in [0.1, 0.15) is 20.3 Å². The summed E-state index contributed by atoms with van der Waals surface area (Å²) in [5.74, 6) is -0.306. The van der Waals surface area contributed by atoms with E-state index in [4.69, 9.17) is 16.3 Å². The van der Waals surface area contributed by atoms with Gasteiger partial charge in [-0.05, 0) is 43.2 Å². The lowest BCUT2D eigenvalue weighted by Crippen LogP contribution is -2.28. The number of carbonyl (C=O) groups excluding carboxylic acids is 2. The summed E-state index contributed by atoms with van der Waals surface area (Å²) in [5, 5.41) is 0.541. The summed E-state index contributed by atoms with van der Waals surface area (Å²) in [4.78, 5) is 24.8. The molecule has 4 nitrogen and oxygen atoms in total. The Morgan fingerprint density at radius 1 is 1.28 bits per heavy atom. The largest absolute Gasteiger partial charge is 0.427 e. The van der Waals surface area contributed by atoms with Gasteiger partial charge >= 0.3 is 12.0 Å². The normalized spacial score (nSPS) is 18.1. The molecule has 1 aliphatic rings. The molecule has 0 bridgehead atoms.